The van der Waals surface area contributed by atoms with Crippen molar-refractivity contribution in [2.45, 2.75) is 25.4 Å². The van der Waals surface area contributed by atoms with Crippen LogP contribution < -0.4 is 16.0 Å². The Bertz CT molecular complexity index is 920. The van der Waals surface area contributed by atoms with E-state index in [1.165, 1.54) is 10.8 Å². The van der Waals surface area contributed by atoms with Gasteiger partial charge in [0.15, 0.2) is 0 Å². The molecule has 2 aromatic rings. The number of ether oxygens (including phenoxy) is 1. The van der Waals surface area contributed by atoms with Crippen molar-refractivity contribution in [3.8, 4) is 11.8 Å². The third-order valence-corrected chi connectivity index (χ3v) is 4.43. The van der Waals surface area contributed by atoms with Gasteiger partial charge in [-0.15, -0.1) is 0 Å². The van der Waals surface area contributed by atoms with Crippen LogP contribution >= 0.6 is 15.9 Å². The first-order valence-corrected chi connectivity index (χ1v) is 7.93. The van der Waals surface area contributed by atoms with Crippen molar-refractivity contribution in [1.82, 2.24) is 9.13 Å². The zero-order valence-corrected chi connectivity index (χ0v) is 14.0. The van der Waals surface area contributed by atoms with Gasteiger partial charge in [0.05, 0.1) is 18.1 Å². The molecule has 6 nitrogen and oxygen atoms in total. The summed E-state index contributed by atoms with van der Waals surface area (Å²) < 4.78 is 8.52. The van der Waals surface area contributed by atoms with Crippen LogP contribution in [0.25, 0.3) is 0 Å². The Labute approximate surface area is 140 Å². The van der Waals surface area contributed by atoms with Gasteiger partial charge in [-0.3, -0.25) is 13.9 Å². The van der Waals surface area contributed by atoms with E-state index in [0.29, 0.717) is 5.75 Å². The molecule has 0 spiro atoms. The quantitative estimate of drug-likeness (QED) is 0.818. The summed E-state index contributed by atoms with van der Waals surface area (Å²) in [7, 11) is 1.56. The fraction of sp³-hybridized carbons (Fsp3) is 0.312. The summed E-state index contributed by atoms with van der Waals surface area (Å²) in [5.41, 5.74) is -0.164. The average Bonchev–Trinajstić information content (AvgIpc) is 3.36. The van der Waals surface area contributed by atoms with Crippen LogP contribution in [0.1, 0.15) is 30.0 Å². The van der Waals surface area contributed by atoms with Crippen molar-refractivity contribution in [3.05, 3.63) is 60.8 Å². The Morgan fingerprint density at radius 3 is 2.70 bits per heavy atom. The molecule has 1 saturated carbocycles. The Kier molecular flexibility index (Phi) is 4.09. The number of halogens is 1. The molecule has 1 aromatic carbocycles. The molecule has 1 aliphatic carbocycles. The Morgan fingerprint density at radius 2 is 2.13 bits per heavy atom. The molecule has 1 heterocycles. The molecule has 3 rings (SSSR count). The van der Waals surface area contributed by atoms with Crippen molar-refractivity contribution in [2.75, 3.05) is 7.11 Å². The normalized spacial score (nSPS) is 13.6. The molecule has 0 N–H and O–H groups in total. The molecule has 118 valence electrons. The first-order valence-electron chi connectivity index (χ1n) is 7.13. The van der Waals surface area contributed by atoms with E-state index < -0.39 is 5.56 Å². The van der Waals surface area contributed by atoms with Gasteiger partial charge in [-0.25, -0.2) is 4.79 Å². The Hall–Kier alpha value is -2.33. The molecule has 0 atom stereocenters. The van der Waals surface area contributed by atoms with Gasteiger partial charge in [-0.1, -0.05) is 6.07 Å². The van der Waals surface area contributed by atoms with E-state index in [2.05, 4.69) is 15.9 Å². The van der Waals surface area contributed by atoms with Gasteiger partial charge < -0.3 is 4.74 Å². The number of benzene rings is 1. The Balaban J connectivity index is 2.07. The van der Waals surface area contributed by atoms with E-state index in [4.69, 9.17) is 10.00 Å². The lowest BCUT2D eigenvalue weighted by Crippen LogP contribution is -2.40. The van der Waals surface area contributed by atoms with Crippen LogP contribution in [0, 0.1) is 11.3 Å². The number of methoxy groups -OCH3 is 1. The van der Waals surface area contributed by atoms with Crippen LogP contribution in [0.3, 0.4) is 0 Å². The summed E-state index contributed by atoms with van der Waals surface area (Å²) >= 11 is 3.39. The summed E-state index contributed by atoms with van der Waals surface area (Å²) in [5, 5.41) is 9.14. The molecular formula is C16H14BrN3O3. The van der Waals surface area contributed by atoms with Gasteiger partial charge >= 0.3 is 5.69 Å². The molecule has 1 aliphatic rings. The van der Waals surface area contributed by atoms with E-state index in [1.807, 2.05) is 6.07 Å². The van der Waals surface area contributed by atoms with Gasteiger partial charge in [0, 0.05) is 12.2 Å². The second kappa shape index (κ2) is 6.05. The van der Waals surface area contributed by atoms with Crippen molar-refractivity contribution in [2.24, 2.45) is 0 Å². The third-order valence-electron chi connectivity index (χ3n) is 3.81. The zero-order valence-electron chi connectivity index (χ0n) is 12.5. The first-order chi connectivity index (χ1) is 11.0. The van der Waals surface area contributed by atoms with Crippen molar-refractivity contribution < 1.29 is 4.74 Å². The number of nitrogens with zero attached hydrogens (tertiary/aromatic N) is 3. The largest absolute Gasteiger partial charge is 0.496 e. The Morgan fingerprint density at radius 1 is 1.39 bits per heavy atom. The lowest BCUT2D eigenvalue weighted by molar-refractivity contribution is 0.412. The van der Waals surface area contributed by atoms with Crippen molar-refractivity contribution in [1.29, 1.82) is 5.26 Å². The topological polar surface area (TPSA) is 77.0 Å². The van der Waals surface area contributed by atoms with Crippen LogP contribution in [-0.2, 0) is 6.54 Å². The van der Waals surface area contributed by atoms with Crippen molar-refractivity contribution in [3.63, 3.8) is 0 Å². The SMILES string of the molecule is COc1ccc(Cn2c(=O)c(C#N)cn(C3CC3)c2=O)cc1Br. The standard InChI is InChI=1S/C16H14BrN3O3/c1-23-14-5-2-10(6-13(14)17)8-20-15(21)11(7-18)9-19(16(20)22)12-3-4-12/h2,5-6,9,12H,3-4,8H2,1H3. The van der Waals surface area contributed by atoms with Gasteiger partial charge in [-0.2, -0.15) is 5.26 Å². The highest BCUT2D eigenvalue weighted by Crippen LogP contribution is 2.33. The lowest BCUT2D eigenvalue weighted by Gasteiger charge is -2.11. The minimum absolute atomic E-state index is 0.0101. The second-order valence-electron chi connectivity index (χ2n) is 5.44. The van der Waals surface area contributed by atoms with Crippen LogP contribution in [0.5, 0.6) is 5.75 Å². The highest BCUT2D eigenvalue weighted by atomic mass is 79.9. The number of hydrogen-bond acceptors (Lipinski definition) is 4. The second-order valence-corrected chi connectivity index (χ2v) is 6.29. The molecule has 7 heteroatoms. The molecule has 0 radical (unpaired) electrons. The van der Waals surface area contributed by atoms with Gasteiger partial charge in [-0.05, 0) is 46.5 Å². The molecule has 0 amide bonds. The van der Waals surface area contributed by atoms with E-state index in [0.717, 1.165) is 27.4 Å². The molecule has 1 fully saturated rings. The molecule has 0 unspecified atom stereocenters. The molecular weight excluding hydrogens is 362 g/mol. The average molecular weight is 376 g/mol. The zero-order chi connectivity index (χ0) is 16.6. The molecule has 0 bridgehead atoms. The van der Waals surface area contributed by atoms with Crippen LogP contribution in [-0.4, -0.2) is 16.2 Å². The summed E-state index contributed by atoms with van der Waals surface area (Å²) in [6.45, 7) is 0.114. The van der Waals surface area contributed by atoms with Crippen LogP contribution in [0.4, 0.5) is 0 Å². The van der Waals surface area contributed by atoms with Gasteiger partial charge in [0.2, 0.25) is 0 Å². The highest BCUT2D eigenvalue weighted by Gasteiger charge is 2.26. The first kappa shape index (κ1) is 15.6. The minimum atomic E-state index is -0.554. The van der Waals surface area contributed by atoms with Gasteiger partial charge in [0.1, 0.15) is 17.4 Å². The summed E-state index contributed by atoms with van der Waals surface area (Å²) in [5.74, 6) is 0.669. The fourth-order valence-corrected chi connectivity index (χ4v) is 3.03. The molecule has 23 heavy (non-hydrogen) atoms. The van der Waals surface area contributed by atoms with Crippen molar-refractivity contribution >= 4 is 15.9 Å². The van der Waals surface area contributed by atoms with E-state index in [-0.39, 0.29) is 23.8 Å². The van der Waals surface area contributed by atoms with E-state index in [9.17, 15) is 9.59 Å². The fourth-order valence-electron chi connectivity index (χ4n) is 2.44. The summed E-state index contributed by atoms with van der Waals surface area (Å²) in [6, 6.07) is 7.33. The van der Waals surface area contributed by atoms with E-state index >= 15 is 0 Å². The highest BCUT2D eigenvalue weighted by molar-refractivity contribution is 9.10. The maximum absolute atomic E-state index is 12.5. The summed E-state index contributed by atoms with van der Waals surface area (Å²) in [6.07, 6.45) is 3.18. The number of aromatic nitrogens is 2. The maximum atomic E-state index is 12.5. The number of nitriles is 1. The predicted octanol–water partition coefficient (Wildman–Crippen LogP) is 2.04. The predicted molar refractivity (Wildman–Crippen MR) is 87.7 cm³/mol. The van der Waals surface area contributed by atoms with Crippen LogP contribution in [0.2, 0.25) is 0 Å². The molecule has 0 saturated heterocycles. The monoisotopic (exact) mass is 375 g/mol. The van der Waals surface area contributed by atoms with E-state index in [1.54, 1.807) is 25.3 Å². The number of rotatable bonds is 4. The summed E-state index contributed by atoms with van der Waals surface area (Å²) in [4.78, 5) is 24.9. The smallest absolute Gasteiger partial charge is 0.331 e. The lowest BCUT2D eigenvalue weighted by atomic mass is 10.2. The minimum Gasteiger partial charge on any atom is -0.496 e. The van der Waals surface area contributed by atoms with Crippen LogP contribution in [0.15, 0.2) is 38.5 Å². The third kappa shape index (κ3) is 2.94. The molecule has 1 aromatic heterocycles. The number of hydrogen-bond donors (Lipinski definition) is 0. The molecule has 0 aliphatic heterocycles. The maximum Gasteiger partial charge on any atom is 0.331 e. The van der Waals surface area contributed by atoms with Gasteiger partial charge in [0.25, 0.3) is 5.56 Å².